The van der Waals surface area contributed by atoms with Gasteiger partial charge in [0, 0.05) is 50.9 Å². The molecule has 0 aromatic carbocycles. The molecule has 4 heterocycles. The molecular weight excluding hydrogens is 617 g/mol. The number of carboxylic acids is 3. The highest BCUT2D eigenvalue weighted by Gasteiger charge is 2.41. The molecule has 0 spiro atoms. The highest BCUT2D eigenvalue weighted by atomic mass is 19.4. The van der Waals surface area contributed by atoms with Crippen molar-refractivity contribution in [2.24, 2.45) is 0 Å². The average molecular weight is 647 g/mol. The second-order valence-corrected chi connectivity index (χ2v) is 9.30. The Hall–Kier alpha value is -3.10. The summed E-state index contributed by atoms with van der Waals surface area (Å²) in [6, 6.07) is 2.64. The van der Waals surface area contributed by atoms with Crippen LogP contribution in [0.15, 0.2) is 23.0 Å². The molecule has 0 saturated carbocycles. The van der Waals surface area contributed by atoms with Crippen molar-refractivity contribution in [3.63, 3.8) is 0 Å². The molecule has 4 rings (SSSR count). The Labute approximate surface area is 238 Å². The Balaban J connectivity index is 0.000000363. The highest BCUT2D eigenvalue weighted by molar-refractivity contribution is 5.73. The zero-order chi connectivity index (χ0) is 33.0. The van der Waals surface area contributed by atoms with E-state index >= 15 is 0 Å². The molecule has 0 aliphatic carbocycles. The third-order valence-corrected chi connectivity index (χ3v) is 6.11. The number of aliphatic carboxylic acids is 3. The van der Waals surface area contributed by atoms with Gasteiger partial charge in [-0.15, -0.1) is 0 Å². The monoisotopic (exact) mass is 647 g/mol. The lowest BCUT2D eigenvalue weighted by Crippen LogP contribution is -2.52. The van der Waals surface area contributed by atoms with E-state index in [-0.39, 0.29) is 0 Å². The van der Waals surface area contributed by atoms with Gasteiger partial charge in [0.05, 0.1) is 25.2 Å². The maximum absolute atomic E-state index is 10.6. The zero-order valence-electron chi connectivity index (χ0n) is 22.3. The molecule has 3 aliphatic rings. The number of halogens is 9. The predicted molar refractivity (Wildman–Crippen MR) is 126 cm³/mol. The van der Waals surface area contributed by atoms with Crippen LogP contribution in [0.4, 0.5) is 39.5 Å². The van der Waals surface area contributed by atoms with Crippen molar-refractivity contribution in [3.05, 3.63) is 24.2 Å². The third kappa shape index (κ3) is 14.8. The Morgan fingerprint density at radius 2 is 1.26 bits per heavy atom. The standard InChI is InChI=1S/C17H27N3O2.3C2HF3O2/c1-2-5-18(4-1)6-7-20-8-10-22-17-13-19(12-16(17)20)11-15-3-9-21-14-15;3*3-2(4,5)1(6)7/h3,9,14,16-17H,1-2,4-8,10-13H2;3*(H,6,7)/t16-,17+;;;/m1.../s1. The molecule has 0 unspecified atom stereocenters. The molecular formula is C23H30F9N3O8. The number of hydrogen-bond donors (Lipinski definition) is 3. The maximum Gasteiger partial charge on any atom is 0.490 e. The highest BCUT2D eigenvalue weighted by Crippen LogP contribution is 2.24. The molecule has 43 heavy (non-hydrogen) atoms. The quantitative estimate of drug-likeness (QED) is 0.406. The summed E-state index contributed by atoms with van der Waals surface area (Å²) in [4.78, 5) is 34.5. The van der Waals surface area contributed by atoms with Crippen molar-refractivity contribution in [1.29, 1.82) is 0 Å². The van der Waals surface area contributed by atoms with Gasteiger partial charge in [0.25, 0.3) is 0 Å². The first-order chi connectivity index (χ1) is 19.7. The van der Waals surface area contributed by atoms with E-state index in [0.29, 0.717) is 12.1 Å². The minimum Gasteiger partial charge on any atom is -0.475 e. The van der Waals surface area contributed by atoms with Gasteiger partial charge >= 0.3 is 36.4 Å². The van der Waals surface area contributed by atoms with E-state index in [4.69, 9.17) is 38.9 Å². The summed E-state index contributed by atoms with van der Waals surface area (Å²) >= 11 is 0. The van der Waals surface area contributed by atoms with E-state index in [1.165, 1.54) is 44.6 Å². The van der Waals surface area contributed by atoms with Gasteiger partial charge in [0.1, 0.15) is 0 Å². The normalized spacial score (nSPS) is 21.3. The van der Waals surface area contributed by atoms with Gasteiger partial charge < -0.3 is 29.4 Å². The first-order valence-electron chi connectivity index (χ1n) is 12.4. The topological polar surface area (TPSA) is 144 Å². The molecule has 1 aromatic rings. The fourth-order valence-corrected chi connectivity index (χ4v) is 4.16. The summed E-state index contributed by atoms with van der Waals surface area (Å²) in [5.41, 5.74) is 1.27. The number of furan rings is 1. The number of hydrogen-bond acceptors (Lipinski definition) is 8. The van der Waals surface area contributed by atoms with Crippen LogP contribution in [-0.4, -0.2) is 131 Å². The van der Waals surface area contributed by atoms with E-state index in [0.717, 1.165) is 32.8 Å². The summed E-state index contributed by atoms with van der Waals surface area (Å²) < 4.78 is 106. The second-order valence-electron chi connectivity index (χ2n) is 9.30. The Morgan fingerprint density at radius 1 is 0.767 bits per heavy atom. The number of likely N-dealkylation sites (tertiary alicyclic amines) is 2. The lowest BCUT2D eigenvalue weighted by atomic mass is 10.1. The number of fused-ring (bicyclic) bond motifs is 1. The molecule has 2 atom stereocenters. The SMILES string of the molecule is O=C(O)C(F)(F)F.O=C(O)C(F)(F)F.O=C(O)C(F)(F)F.c1cc(CN2C[C@@H]3OCCN(CCN4CCCC4)[C@@H]3C2)co1. The Kier molecular flexibility index (Phi) is 14.7. The number of alkyl halides is 9. The summed E-state index contributed by atoms with van der Waals surface area (Å²) in [5, 5.41) is 21.4. The minimum atomic E-state index is -5.08. The van der Waals surface area contributed by atoms with Crippen molar-refractivity contribution in [3.8, 4) is 0 Å². The van der Waals surface area contributed by atoms with Crippen molar-refractivity contribution in [2.75, 3.05) is 52.4 Å². The molecule has 0 bridgehead atoms. The van der Waals surface area contributed by atoms with Gasteiger partial charge in [-0.1, -0.05) is 0 Å². The first kappa shape index (κ1) is 37.9. The van der Waals surface area contributed by atoms with Crippen LogP contribution in [0.1, 0.15) is 18.4 Å². The smallest absolute Gasteiger partial charge is 0.475 e. The third-order valence-electron chi connectivity index (χ3n) is 6.11. The van der Waals surface area contributed by atoms with E-state index in [2.05, 4.69) is 20.8 Å². The van der Waals surface area contributed by atoms with E-state index < -0.39 is 36.4 Å². The number of ether oxygens (including phenoxy) is 1. The van der Waals surface area contributed by atoms with Gasteiger partial charge in [0.15, 0.2) is 0 Å². The lowest BCUT2D eigenvalue weighted by Gasteiger charge is -2.37. The number of morpholine rings is 1. The fraction of sp³-hybridized carbons (Fsp3) is 0.696. The second kappa shape index (κ2) is 16.7. The van der Waals surface area contributed by atoms with Crippen molar-refractivity contribution in [1.82, 2.24) is 14.7 Å². The molecule has 3 saturated heterocycles. The van der Waals surface area contributed by atoms with Crippen LogP contribution in [0.25, 0.3) is 0 Å². The molecule has 1 aromatic heterocycles. The zero-order valence-corrected chi connectivity index (χ0v) is 22.3. The largest absolute Gasteiger partial charge is 0.490 e. The van der Waals surface area contributed by atoms with Crippen LogP contribution in [0.5, 0.6) is 0 Å². The molecule has 20 heteroatoms. The number of carboxylic acid groups (broad SMARTS) is 3. The van der Waals surface area contributed by atoms with Crippen molar-refractivity contribution < 1.29 is 78.4 Å². The van der Waals surface area contributed by atoms with Crippen LogP contribution in [-0.2, 0) is 25.7 Å². The number of nitrogens with zero attached hydrogens (tertiary/aromatic N) is 3. The molecule has 248 valence electrons. The first-order valence-corrected chi connectivity index (χ1v) is 12.4. The number of rotatable bonds is 5. The average Bonchev–Trinajstić information content (AvgIpc) is 3.65. The van der Waals surface area contributed by atoms with Crippen LogP contribution < -0.4 is 0 Å². The van der Waals surface area contributed by atoms with E-state index in [1.807, 2.05) is 6.26 Å². The molecule has 3 aliphatic heterocycles. The van der Waals surface area contributed by atoms with Gasteiger partial charge in [-0.25, -0.2) is 14.4 Å². The lowest BCUT2D eigenvalue weighted by molar-refractivity contribution is -0.193. The molecule has 3 N–H and O–H groups in total. The van der Waals surface area contributed by atoms with E-state index in [9.17, 15) is 39.5 Å². The Morgan fingerprint density at radius 3 is 1.67 bits per heavy atom. The molecule has 11 nitrogen and oxygen atoms in total. The van der Waals surface area contributed by atoms with Gasteiger partial charge in [0.2, 0.25) is 0 Å². The number of carbonyl (C=O) groups is 3. The predicted octanol–water partition coefficient (Wildman–Crippen LogP) is 3.16. The van der Waals surface area contributed by atoms with Crippen LogP contribution in [0.2, 0.25) is 0 Å². The van der Waals surface area contributed by atoms with Crippen molar-refractivity contribution >= 4 is 17.9 Å². The molecule has 0 amide bonds. The van der Waals surface area contributed by atoms with Gasteiger partial charge in [-0.2, -0.15) is 39.5 Å². The fourth-order valence-electron chi connectivity index (χ4n) is 4.16. The van der Waals surface area contributed by atoms with Gasteiger partial charge in [-0.3, -0.25) is 9.80 Å². The van der Waals surface area contributed by atoms with Crippen molar-refractivity contribution in [2.45, 2.75) is 50.1 Å². The minimum absolute atomic E-state index is 0.388. The maximum atomic E-state index is 10.6. The molecule has 3 fully saturated rings. The summed E-state index contributed by atoms with van der Waals surface area (Å²) in [6.45, 7) is 10.2. The summed E-state index contributed by atoms with van der Waals surface area (Å²) in [5.74, 6) is -8.27. The Bertz CT molecular complexity index is 941. The van der Waals surface area contributed by atoms with Crippen LogP contribution in [0, 0.1) is 0 Å². The van der Waals surface area contributed by atoms with E-state index in [1.54, 1.807) is 6.26 Å². The molecule has 0 radical (unpaired) electrons. The van der Waals surface area contributed by atoms with Crippen LogP contribution >= 0.6 is 0 Å². The van der Waals surface area contributed by atoms with Gasteiger partial charge in [-0.05, 0) is 32.0 Å². The summed E-state index contributed by atoms with van der Waals surface area (Å²) in [7, 11) is 0. The summed E-state index contributed by atoms with van der Waals surface area (Å²) in [6.07, 6.45) is -8.48. The van der Waals surface area contributed by atoms with Crippen LogP contribution in [0.3, 0.4) is 0 Å².